The van der Waals surface area contributed by atoms with E-state index in [1.165, 1.54) is 51.4 Å². The Hall–Kier alpha value is -0.960. The first-order valence-corrected chi connectivity index (χ1v) is 14.9. The minimum atomic E-state index is 0.371. The van der Waals surface area contributed by atoms with E-state index in [0.29, 0.717) is 10.3 Å². The van der Waals surface area contributed by atoms with Crippen LogP contribution in [0.2, 0.25) is 0 Å². The van der Waals surface area contributed by atoms with Gasteiger partial charge in [-0.3, -0.25) is 0 Å². The van der Waals surface area contributed by atoms with Crippen LogP contribution in [0.4, 0.5) is 0 Å². The lowest BCUT2D eigenvalue weighted by Gasteiger charge is -2.44. The molecule has 0 aliphatic carbocycles. The standard InChI is InChI=1S/C30H40P2/c1-5-11-21-19-29(23(13-7-3)17-27(21)31-29)25-15-9-10-16-26(25)30-20-22(12-6-2)28(32-30)18-24(30)14-8-4/h5-10,15-16,21-24,27-28,31-32H,1-4,11-14,17-20H2. The highest BCUT2D eigenvalue weighted by atomic mass is 31.1. The Morgan fingerprint density at radius 2 is 1.09 bits per heavy atom. The number of hydrogen-bond donors (Lipinski definition) is 0. The Bertz CT molecular complexity index is 829. The zero-order valence-corrected chi connectivity index (χ0v) is 21.6. The maximum atomic E-state index is 4.16. The minimum Gasteiger partial charge on any atom is -0.107 e. The second kappa shape index (κ2) is 9.01. The van der Waals surface area contributed by atoms with E-state index in [1.54, 1.807) is 11.1 Å². The first kappa shape index (κ1) is 22.8. The molecule has 5 rings (SSSR count). The van der Waals surface area contributed by atoms with Crippen molar-refractivity contribution in [3.8, 4) is 0 Å². The Kier molecular flexibility index (Phi) is 6.42. The molecule has 10 unspecified atom stereocenters. The summed E-state index contributed by atoms with van der Waals surface area (Å²) in [6, 6.07) is 9.77. The number of fused-ring (bicyclic) bond motifs is 4. The largest absolute Gasteiger partial charge is 0.107 e. The van der Waals surface area contributed by atoms with E-state index in [2.05, 4.69) is 74.9 Å². The van der Waals surface area contributed by atoms with E-state index in [1.807, 2.05) is 0 Å². The molecule has 4 bridgehead atoms. The highest BCUT2D eigenvalue weighted by Crippen LogP contribution is 2.75. The summed E-state index contributed by atoms with van der Waals surface area (Å²) in [5.41, 5.74) is 5.26. The van der Waals surface area contributed by atoms with Crippen LogP contribution in [0.1, 0.15) is 62.5 Å². The van der Waals surface area contributed by atoms with E-state index in [0.717, 1.165) is 52.2 Å². The molecule has 4 saturated heterocycles. The molecule has 0 saturated carbocycles. The van der Waals surface area contributed by atoms with E-state index in [-0.39, 0.29) is 0 Å². The molecule has 0 radical (unpaired) electrons. The summed E-state index contributed by atoms with van der Waals surface area (Å²) in [6.07, 6.45) is 19.0. The Morgan fingerprint density at radius 1 is 0.688 bits per heavy atom. The van der Waals surface area contributed by atoms with Crippen molar-refractivity contribution in [1.82, 2.24) is 0 Å². The normalized spacial score (nSPS) is 43.1. The third-order valence-corrected chi connectivity index (χ3v) is 14.3. The van der Waals surface area contributed by atoms with Crippen molar-refractivity contribution in [1.29, 1.82) is 0 Å². The molecule has 10 atom stereocenters. The van der Waals surface area contributed by atoms with Crippen LogP contribution in [0, 0.1) is 23.7 Å². The van der Waals surface area contributed by atoms with Crippen LogP contribution in [-0.4, -0.2) is 11.3 Å². The Morgan fingerprint density at radius 3 is 1.47 bits per heavy atom. The SMILES string of the molecule is C=CCC1CC2(c3ccccc3C34CC(CC=C)C(CC3CC=C)P4)PC1CC2CC=C. The van der Waals surface area contributed by atoms with Crippen LogP contribution in [0.5, 0.6) is 0 Å². The molecule has 170 valence electrons. The maximum absolute atomic E-state index is 4.16. The van der Waals surface area contributed by atoms with Crippen molar-refractivity contribution >= 4 is 17.2 Å². The van der Waals surface area contributed by atoms with E-state index < -0.39 is 0 Å². The summed E-state index contributed by atoms with van der Waals surface area (Å²) < 4.78 is 0. The van der Waals surface area contributed by atoms with E-state index in [4.69, 9.17) is 0 Å². The molecular formula is C30H40P2. The molecule has 0 N–H and O–H groups in total. The molecular weight excluding hydrogens is 422 g/mol. The number of rotatable bonds is 10. The molecule has 1 aromatic rings. The lowest BCUT2D eigenvalue weighted by molar-refractivity contribution is 0.238. The number of allylic oxidation sites excluding steroid dienone is 4. The smallest absolute Gasteiger partial charge is 0.0166 e. The van der Waals surface area contributed by atoms with Gasteiger partial charge in [0.05, 0.1) is 0 Å². The molecule has 0 spiro atoms. The summed E-state index contributed by atoms with van der Waals surface area (Å²) in [5.74, 6) is 3.20. The zero-order chi connectivity index (χ0) is 22.3. The highest BCUT2D eigenvalue weighted by molar-refractivity contribution is 7.42. The van der Waals surface area contributed by atoms with Crippen molar-refractivity contribution < 1.29 is 0 Å². The fourth-order valence-corrected chi connectivity index (χ4v) is 13.8. The lowest BCUT2D eigenvalue weighted by Crippen LogP contribution is -2.37. The predicted octanol–water partition coefficient (Wildman–Crippen LogP) is 8.56. The van der Waals surface area contributed by atoms with Gasteiger partial charge in [0.25, 0.3) is 0 Å². The van der Waals surface area contributed by atoms with Crippen LogP contribution in [-0.2, 0) is 10.3 Å². The van der Waals surface area contributed by atoms with Crippen LogP contribution in [0.25, 0.3) is 0 Å². The third-order valence-electron chi connectivity index (χ3n) is 9.39. The first-order chi connectivity index (χ1) is 15.6. The van der Waals surface area contributed by atoms with Gasteiger partial charge in [-0.15, -0.1) is 43.5 Å². The molecule has 4 fully saturated rings. The van der Waals surface area contributed by atoms with Gasteiger partial charge in [0.2, 0.25) is 0 Å². The molecule has 0 aromatic heterocycles. The van der Waals surface area contributed by atoms with Crippen molar-refractivity contribution in [3.63, 3.8) is 0 Å². The monoisotopic (exact) mass is 462 g/mol. The maximum Gasteiger partial charge on any atom is 0.0166 e. The minimum absolute atomic E-state index is 0.371. The summed E-state index contributed by atoms with van der Waals surface area (Å²) in [5, 5.41) is 0.741. The van der Waals surface area contributed by atoms with Gasteiger partial charge in [0.15, 0.2) is 0 Å². The molecule has 4 aliphatic heterocycles. The van der Waals surface area contributed by atoms with Crippen LogP contribution >= 0.6 is 17.2 Å². The molecule has 1 aromatic carbocycles. The number of benzene rings is 1. The van der Waals surface area contributed by atoms with Gasteiger partial charge in [-0.2, -0.15) is 0 Å². The molecule has 2 heteroatoms. The molecule has 0 nitrogen and oxygen atoms in total. The van der Waals surface area contributed by atoms with E-state index >= 15 is 0 Å². The van der Waals surface area contributed by atoms with Crippen molar-refractivity contribution in [2.75, 3.05) is 0 Å². The summed E-state index contributed by atoms with van der Waals surface area (Å²) >= 11 is 0. The second-order valence-electron chi connectivity index (χ2n) is 10.9. The Balaban J connectivity index is 1.60. The summed E-state index contributed by atoms with van der Waals surface area (Å²) in [6.45, 7) is 16.5. The van der Waals surface area contributed by atoms with Gasteiger partial charge in [-0.25, -0.2) is 0 Å². The van der Waals surface area contributed by atoms with Crippen LogP contribution < -0.4 is 0 Å². The van der Waals surface area contributed by atoms with Crippen LogP contribution in [0.3, 0.4) is 0 Å². The Labute approximate surface area is 199 Å². The quantitative estimate of drug-likeness (QED) is 0.241. The zero-order valence-electron chi connectivity index (χ0n) is 19.6. The third kappa shape index (κ3) is 3.39. The van der Waals surface area contributed by atoms with Gasteiger partial charge in [-0.05, 0) is 97.5 Å². The van der Waals surface area contributed by atoms with Crippen molar-refractivity contribution in [3.05, 3.63) is 86.0 Å². The first-order valence-electron chi connectivity index (χ1n) is 12.7. The average Bonchev–Trinajstić information content (AvgIpc) is 3.53. The highest BCUT2D eigenvalue weighted by Gasteiger charge is 2.61. The van der Waals surface area contributed by atoms with Crippen LogP contribution in [0.15, 0.2) is 74.9 Å². The molecule has 4 heterocycles. The topological polar surface area (TPSA) is 0 Å². The van der Waals surface area contributed by atoms with Crippen molar-refractivity contribution in [2.45, 2.75) is 73.0 Å². The molecule has 0 amide bonds. The van der Waals surface area contributed by atoms with Gasteiger partial charge in [0, 0.05) is 10.3 Å². The summed E-state index contributed by atoms with van der Waals surface area (Å²) in [4.78, 5) is 0. The van der Waals surface area contributed by atoms with Gasteiger partial charge >= 0.3 is 0 Å². The second-order valence-corrected chi connectivity index (χ2v) is 14.7. The average molecular weight is 463 g/mol. The fraction of sp³-hybridized carbons (Fsp3) is 0.533. The summed E-state index contributed by atoms with van der Waals surface area (Å²) in [7, 11) is 2.14. The molecule has 4 aliphatic rings. The molecule has 32 heavy (non-hydrogen) atoms. The van der Waals surface area contributed by atoms with Gasteiger partial charge < -0.3 is 0 Å². The van der Waals surface area contributed by atoms with Gasteiger partial charge in [0.1, 0.15) is 0 Å². The van der Waals surface area contributed by atoms with Crippen molar-refractivity contribution in [2.24, 2.45) is 23.7 Å². The van der Waals surface area contributed by atoms with Gasteiger partial charge in [-0.1, -0.05) is 48.6 Å². The predicted molar refractivity (Wildman–Crippen MR) is 146 cm³/mol. The fourth-order valence-electron chi connectivity index (χ4n) is 8.21. The lowest BCUT2D eigenvalue weighted by atomic mass is 9.64. The number of hydrogen-bond acceptors (Lipinski definition) is 0. The van der Waals surface area contributed by atoms with E-state index in [9.17, 15) is 0 Å².